The number of hydrogen-bond acceptors (Lipinski definition) is 2. The van der Waals surface area contributed by atoms with Crippen molar-refractivity contribution < 1.29 is 4.79 Å². The van der Waals surface area contributed by atoms with E-state index in [0.29, 0.717) is 6.54 Å². The van der Waals surface area contributed by atoms with E-state index in [1.165, 1.54) is 10.8 Å². The quantitative estimate of drug-likeness (QED) is 0.725. The Morgan fingerprint density at radius 3 is 2.71 bits per heavy atom. The first-order valence-corrected chi connectivity index (χ1v) is 8.24. The normalized spacial score (nSPS) is 11.1. The molecule has 0 atom stereocenters. The lowest BCUT2D eigenvalue weighted by Gasteiger charge is -2.10. The van der Waals surface area contributed by atoms with Gasteiger partial charge in [-0.3, -0.25) is 4.57 Å². The van der Waals surface area contributed by atoms with Gasteiger partial charge in [0.15, 0.2) is 0 Å². The highest BCUT2D eigenvalue weighted by atomic mass is 16.2. The number of carbonyl (C=O) groups excluding carboxylic acids is 1. The minimum atomic E-state index is -0.0831. The molecule has 124 valence electrons. The van der Waals surface area contributed by atoms with Gasteiger partial charge in [0.25, 0.3) is 0 Å². The molecule has 1 amide bonds. The van der Waals surface area contributed by atoms with Crippen LogP contribution in [0.5, 0.6) is 0 Å². The van der Waals surface area contributed by atoms with Crippen molar-refractivity contribution in [3.8, 4) is 11.1 Å². The fraction of sp³-hybridized carbons (Fsp3) is 0.250. The van der Waals surface area contributed by atoms with E-state index < -0.39 is 0 Å². The standard InChI is InChI=1S/C20H23N3O/c1-22(2)13-6-12-21-20(24)23-14-11-17(15-23)19-10-5-8-16-7-3-4-9-18(16)19/h3-5,7-11,14-15H,6,12-13H2,1-2H3,(H,21,24). The molecule has 24 heavy (non-hydrogen) atoms. The van der Waals surface area contributed by atoms with Crippen LogP contribution in [0.3, 0.4) is 0 Å². The predicted molar refractivity (Wildman–Crippen MR) is 99.3 cm³/mol. The van der Waals surface area contributed by atoms with Gasteiger partial charge in [0, 0.05) is 24.5 Å². The average Bonchev–Trinajstić information content (AvgIpc) is 3.08. The van der Waals surface area contributed by atoms with Crippen molar-refractivity contribution in [2.45, 2.75) is 6.42 Å². The minimum absolute atomic E-state index is 0.0831. The number of amides is 1. The second-order valence-electron chi connectivity index (χ2n) is 6.22. The second kappa shape index (κ2) is 7.32. The number of fused-ring (bicyclic) bond motifs is 1. The molecule has 0 spiro atoms. The maximum atomic E-state index is 12.2. The number of carbonyl (C=O) groups is 1. The van der Waals surface area contributed by atoms with Gasteiger partial charge in [-0.15, -0.1) is 0 Å². The summed E-state index contributed by atoms with van der Waals surface area (Å²) >= 11 is 0. The maximum absolute atomic E-state index is 12.2. The van der Waals surface area contributed by atoms with E-state index in [9.17, 15) is 4.79 Å². The number of hydrogen-bond donors (Lipinski definition) is 1. The number of rotatable bonds is 5. The average molecular weight is 321 g/mol. The third-order valence-corrected chi connectivity index (χ3v) is 4.09. The van der Waals surface area contributed by atoms with Crippen LogP contribution < -0.4 is 5.32 Å². The van der Waals surface area contributed by atoms with Crippen LogP contribution in [-0.4, -0.2) is 42.7 Å². The van der Waals surface area contributed by atoms with Gasteiger partial charge in [-0.1, -0.05) is 42.5 Å². The third-order valence-electron chi connectivity index (χ3n) is 4.09. The van der Waals surface area contributed by atoms with E-state index in [4.69, 9.17) is 0 Å². The lowest BCUT2D eigenvalue weighted by atomic mass is 10.0. The van der Waals surface area contributed by atoms with Crippen molar-refractivity contribution in [2.75, 3.05) is 27.2 Å². The summed E-state index contributed by atoms with van der Waals surface area (Å²) in [6.45, 7) is 1.64. The molecule has 0 aliphatic rings. The second-order valence-corrected chi connectivity index (χ2v) is 6.22. The Balaban J connectivity index is 1.74. The molecular formula is C20H23N3O. The molecule has 2 aromatic carbocycles. The lowest BCUT2D eigenvalue weighted by Crippen LogP contribution is -2.30. The van der Waals surface area contributed by atoms with E-state index in [-0.39, 0.29) is 6.03 Å². The first kappa shape index (κ1) is 16.3. The molecule has 0 radical (unpaired) electrons. The molecule has 0 aliphatic carbocycles. The Morgan fingerprint density at radius 2 is 1.88 bits per heavy atom. The molecule has 1 N–H and O–H groups in total. The molecule has 4 heteroatoms. The monoisotopic (exact) mass is 321 g/mol. The molecule has 0 aliphatic heterocycles. The van der Waals surface area contributed by atoms with Crippen LogP contribution in [0.15, 0.2) is 60.9 Å². The van der Waals surface area contributed by atoms with Gasteiger partial charge < -0.3 is 10.2 Å². The first-order valence-electron chi connectivity index (χ1n) is 8.24. The molecule has 0 bridgehead atoms. The predicted octanol–water partition coefficient (Wildman–Crippen LogP) is 3.82. The Bertz CT molecular complexity index is 830. The lowest BCUT2D eigenvalue weighted by molar-refractivity contribution is 0.242. The molecule has 4 nitrogen and oxygen atoms in total. The Kier molecular flexibility index (Phi) is 4.96. The smallest absolute Gasteiger partial charge is 0.325 e. The van der Waals surface area contributed by atoms with Crippen LogP contribution in [-0.2, 0) is 0 Å². The zero-order valence-electron chi connectivity index (χ0n) is 14.2. The van der Waals surface area contributed by atoms with Gasteiger partial charge in [0.2, 0.25) is 0 Å². The van der Waals surface area contributed by atoms with E-state index in [2.05, 4.69) is 40.5 Å². The first-order chi connectivity index (χ1) is 11.6. The summed E-state index contributed by atoms with van der Waals surface area (Å²) in [6.07, 6.45) is 4.65. The number of aromatic nitrogens is 1. The summed E-state index contributed by atoms with van der Waals surface area (Å²) in [5, 5.41) is 5.36. The number of benzene rings is 2. The zero-order chi connectivity index (χ0) is 16.9. The fourth-order valence-corrected chi connectivity index (χ4v) is 2.84. The molecule has 1 heterocycles. The molecule has 0 unspecified atom stereocenters. The number of nitrogens with one attached hydrogen (secondary N) is 1. The highest BCUT2D eigenvalue weighted by Crippen LogP contribution is 2.28. The number of nitrogens with zero attached hydrogens (tertiary/aromatic N) is 2. The Morgan fingerprint density at radius 1 is 1.08 bits per heavy atom. The van der Waals surface area contributed by atoms with Gasteiger partial charge in [-0.2, -0.15) is 0 Å². The molecule has 0 saturated carbocycles. The topological polar surface area (TPSA) is 37.3 Å². The van der Waals surface area contributed by atoms with Crippen molar-refractivity contribution >= 4 is 16.8 Å². The summed E-state index contributed by atoms with van der Waals surface area (Å²) in [5.41, 5.74) is 2.20. The van der Waals surface area contributed by atoms with E-state index in [1.807, 2.05) is 44.7 Å². The van der Waals surface area contributed by atoms with Crippen molar-refractivity contribution in [2.24, 2.45) is 0 Å². The summed E-state index contributed by atoms with van der Waals surface area (Å²) in [7, 11) is 4.06. The SMILES string of the molecule is CN(C)CCCNC(=O)n1ccc(-c2cccc3ccccc23)c1. The zero-order valence-corrected chi connectivity index (χ0v) is 14.2. The summed E-state index contributed by atoms with van der Waals surface area (Å²) in [6, 6.07) is 16.5. The van der Waals surface area contributed by atoms with Crippen molar-refractivity contribution in [3.63, 3.8) is 0 Å². The Labute approximate surface area is 142 Å². The van der Waals surface area contributed by atoms with Crippen molar-refractivity contribution in [1.82, 2.24) is 14.8 Å². The molecule has 0 saturated heterocycles. The fourth-order valence-electron chi connectivity index (χ4n) is 2.84. The molecule has 3 aromatic rings. The Hall–Kier alpha value is -2.59. The van der Waals surface area contributed by atoms with Gasteiger partial charge in [-0.25, -0.2) is 4.79 Å². The van der Waals surface area contributed by atoms with Crippen LogP contribution in [0.4, 0.5) is 4.79 Å². The van der Waals surface area contributed by atoms with Crippen LogP contribution in [0.25, 0.3) is 21.9 Å². The van der Waals surface area contributed by atoms with Crippen molar-refractivity contribution in [3.05, 3.63) is 60.9 Å². The van der Waals surface area contributed by atoms with Crippen LogP contribution >= 0.6 is 0 Å². The van der Waals surface area contributed by atoms with Crippen LogP contribution in [0, 0.1) is 0 Å². The van der Waals surface area contributed by atoms with Crippen LogP contribution in [0.1, 0.15) is 6.42 Å². The molecule has 0 fully saturated rings. The van der Waals surface area contributed by atoms with Gasteiger partial charge >= 0.3 is 6.03 Å². The maximum Gasteiger partial charge on any atom is 0.325 e. The molecule has 3 rings (SSSR count). The van der Waals surface area contributed by atoms with Gasteiger partial charge in [0.1, 0.15) is 0 Å². The third kappa shape index (κ3) is 3.66. The van der Waals surface area contributed by atoms with Crippen molar-refractivity contribution in [1.29, 1.82) is 0 Å². The summed E-state index contributed by atoms with van der Waals surface area (Å²) < 4.78 is 1.62. The van der Waals surface area contributed by atoms with Gasteiger partial charge in [0.05, 0.1) is 0 Å². The van der Waals surface area contributed by atoms with Gasteiger partial charge in [-0.05, 0) is 49.5 Å². The summed E-state index contributed by atoms with van der Waals surface area (Å²) in [5.74, 6) is 0. The largest absolute Gasteiger partial charge is 0.337 e. The highest BCUT2D eigenvalue weighted by molar-refractivity contribution is 5.96. The van der Waals surface area contributed by atoms with E-state index in [0.717, 1.165) is 24.1 Å². The minimum Gasteiger partial charge on any atom is -0.337 e. The van der Waals surface area contributed by atoms with E-state index >= 15 is 0 Å². The van der Waals surface area contributed by atoms with Crippen LogP contribution in [0.2, 0.25) is 0 Å². The summed E-state index contributed by atoms with van der Waals surface area (Å²) in [4.78, 5) is 14.3. The highest BCUT2D eigenvalue weighted by Gasteiger charge is 2.08. The molecule has 1 aromatic heterocycles. The van der Waals surface area contributed by atoms with E-state index in [1.54, 1.807) is 4.57 Å². The molecular weight excluding hydrogens is 298 g/mol.